The third kappa shape index (κ3) is 1.17. The van der Waals surface area contributed by atoms with Crippen molar-refractivity contribution in [3.63, 3.8) is 0 Å². The molecule has 1 fully saturated rings. The Labute approximate surface area is 55.6 Å². The lowest BCUT2D eigenvalue weighted by atomic mass is 9.94. The zero-order valence-electron chi connectivity index (χ0n) is 5.55. The monoisotopic (exact) mass is 131 g/mol. The van der Waals surface area contributed by atoms with Crippen molar-refractivity contribution in [1.82, 2.24) is 4.31 Å². The van der Waals surface area contributed by atoms with Gasteiger partial charge in [0.05, 0.1) is 0 Å². The van der Waals surface area contributed by atoms with Crippen molar-refractivity contribution in [1.29, 1.82) is 0 Å². The van der Waals surface area contributed by atoms with Gasteiger partial charge in [0.25, 0.3) is 0 Å². The van der Waals surface area contributed by atoms with Crippen LogP contribution in [-0.2, 0) is 0 Å². The summed E-state index contributed by atoms with van der Waals surface area (Å²) in [6, 6.07) is 0.894. The maximum absolute atomic E-state index is 2.35. The van der Waals surface area contributed by atoms with E-state index in [0.29, 0.717) is 0 Å². The van der Waals surface area contributed by atoms with Gasteiger partial charge in [0.1, 0.15) is 0 Å². The summed E-state index contributed by atoms with van der Waals surface area (Å²) in [4.78, 5) is 0. The molecule has 48 valence electrons. The SMILES string of the molecule is CSN(C)C1CCC1. The van der Waals surface area contributed by atoms with Gasteiger partial charge in [-0.05, 0) is 26.1 Å². The fourth-order valence-corrected chi connectivity index (χ4v) is 1.41. The molecule has 0 atom stereocenters. The summed E-state index contributed by atoms with van der Waals surface area (Å²) >= 11 is 1.84. The van der Waals surface area contributed by atoms with Crippen molar-refractivity contribution >= 4 is 11.9 Å². The van der Waals surface area contributed by atoms with Crippen LogP contribution in [0.4, 0.5) is 0 Å². The molecule has 1 nitrogen and oxygen atoms in total. The van der Waals surface area contributed by atoms with Crippen molar-refractivity contribution in [2.75, 3.05) is 13.3 Å². The van der Waals surface area contributed by atoms with Gasteiger partial charge in [0.15, 0.2) is 0 Å². The molecule has 2 heteroatoms. The number of nitrogens with zero attached hydrogens (tertiary/aromatic N) is 1. The summed E-state index contributed by atoms with van der Waals surface area (Å²) in [7, 11) is 2.18. The molecule has 0 aliphatic heterocycles. The van der Waals surface area contributed by atoms with Crippen LogP contribution in [-0.4, -0.2) is 23.7 Å². The lowest BCUT2D eigenvalue weighted by Gasteiger charge is -2.32. The second kappa shape index (κ2) is 2.74. The summed E-state index contributed by atoms with van der Waals surface area (Å²) in [5.74, 6) is 0. The fraction of sp³-hybridized carbons (Fsp3) is 1.00. The van der Waals surface area contributed by atoms with E-state index in [1.165, 1.54) is 19.3 Å². The second-order valence-electron chi connectivity index (χ2n) is 2.31. The van der Waals surface area contributed by atoms with Crippen LogP contribution in [0.15, 0.2) is 0 Å². The minimum Gasteiger partial charge on any atom is -0.251 e. The molecule has 0 aromatic heterocycles. The Bertz CT molecular complexity index is 68.2. The van der Waals surface area contributed by atoms with E-state index in [0.717, 1.165) is 6.04 Å². The lowest BCUT2D eigenvalue weighted by Crippen LogP contribution is -2.31. The Hall–Kier alpha value is 0.310. The third-order valence-corrected chi connectivity index (χ3v) is 2.75. The predicted molar refractivity (Wildman–Crippen MR) is 38.9 cm³/mol. The van der Waals surface area contributed by atoms with Gasteiger partial charge >= 0.3 is 0 Å². The summed E-state index contributed by atoms with van der Waals surface area (Å²) in [5, 5.41) is 0. The van der Waals surface area contributed by atoms with Crippen LogP contribution < -0.4 is 0 Å². The van der Waals surface area contributed by atoms with Crippen molar-refractivity contribution in [3.05, 3.63) is 0 Å². The van der Waals surface area contributed by atoms with E-state index in [1.807, 2.05) is 11.9 Å². The summed E-state index contributed by atoms with van der Waals surface area (Å²) < 4.78 is 2.35. The van der Waals surface area contributed by atoms with E-state index < -0.39 is 0 Å². The third-order valence-electron chi connectivity index (χ3n) is 1.88. The first kappa shape index (κ1) is 6.43. The van der Waals surface area contributed by atoms with Crippen molar-refractivity contribution in [3.8, 4) is 0 Å². The molecule has 0 radical (unpaired) electrons. The quantitative estimate of drug-likeness (QED) is 0.525. The standard InChI is InChI=1S/C6H13NS/c1-7(8-2)6-4-3-5-6/h6H,3-5H2,1-2H3. The highest BCUT2D eigenvalue weighted by molar-refractivity contribution is 7.96. The van der Waals surface area contributed by atoms with Gasteiger partial charge in [-0.3, -0.25) is 4.31 Å². The fourth-order valence-electron chi connectivity index (χ4n) is 0.899. The average molecular weight is 131 g/mol. The van der Waals surface area contributed by atoms with Gasteiger partial charge in [-0.2, -0.15) is 0 Å². The summed E-state index contributed by atoms with van der Waals surface area (Å²) in [6.45, 7) is 0. The van der Waals surface area contributed by atoms with Gasteiger partial charge in [0, 0.05) is 6.04 Å². The first-order valence-corrected chi connectivity index (χ1v) is 4.29. The van der Waals surface area contributed by atoms with Gasteiger partial charge < -0.3 is 0 Å². The number of hydrogen-bond donors (Lipinski definition) is 0. The molecule has 0 amide bonds. The van der Waals surface area contributed by atoms with Crippen molar-refractivity contribution in [2.24, 2.45) is 0 Å². The van der Waals surface area contributed by atoms with E-state index >= 15 is 0 Å². The average Bonchev–Trinajstić information content (AvgIpc) is 1.62. The van der Waals surface area contributed by atoms with Crippen molar-refractivity contribution in [2.45, 2.75) is 25.3 Å². The van der Waals surface area contributed by atoms with Gasteiger partial charge in [-0.15, -0.1) is 0 Å². The van der Waals surface area contributed by atoms with Crippen LogP contribution >= 0.6 is 11.9 Å². The van der Waals surface area contributed by atoms with Gasteiger partial charge in [-0.1, -0.05) is 18.4 Å². The van der Waals surface area contributed by atoms with Gasteiger partial charge in [-0.25, -0.2) is 0 Å². The topological polar surface area (TPSA) is 3.24 Å². The van der Waals surface area contributed by atoms with E-state index in [-0.39, 0.29) is 0 Å². The molecule has 0 spiro atoms. The summed E-state index contributed by atoms with van der Waals surface area (Å²) in [5.41, 5.74) is 0. The van der Waals surface area contributed by atoms with E-state index in [2.05, 4.69) is 17.6 Å². The molecule has 0 aromatic rings. The molecule has 0 heterocycles. The Morgan fingerprint density at radius 3 is 2.25 bits per heavy atom. The zero-order chi connectivity index (χ0) is 5.98. The number of rotatable bonds is 2. The molecule has 0 bridgehead atoms. The molecule has 1 saturated carbocycles. The molecular weight excluding hydrogens is 118 g/mol. The molecule has 0 saturated heterocycles. The highest BCUT2D eigenvalue weighted by Gasteiger charge is 2.20. The molecular formula is C6H13NS. The number of hydrogen-bond acceptors (Lipinski definition) is 2. The second-order valence-corrected chi connectivity index (χ2v) is 3.25. The normalized spacial score (nSPS) is 21.4. The molecule has 0 aromatic carbocycles. The summed E-state index contributed by atoms with van der Waals surface area (Å²) in [6.07, 6.45) is 6.41. The molecule has 0 unspecified atom stereocenters. The zero-order valence-corrected chi connectivity index (χ0v) is 6.37. The Morgan fingerprint density at radius 1 is 1.50 bits per heavy atom. The highest BCUT2D eigenvalue weighted by atomic mass is 32.2. The maximum Gasteiger partial charge on any atom is 0.0199 e. The lowest BCUT2D eigenvalue weighted by molar-refractivity contribution is 0.268. The maximum atomic E-state index is 2.35. The Balaban J connectivity index is 2.13. The van der Waals surface area contributed by atoms with Crippen LogP contribution in [0.3, 0.4) is 0 Å². The van der Waals surface area contributed by atoms with Gasteiger partial charge in [0.2, 0.25) is 0 Å². The van der Waals surface area contributed by atoms with Crippen LogP contribution in [0.2, 0.25) is 0 Å². The minimum atomic E-state index is 0.894. The van der Waals surface area contributed by atoms with E-state index in [1.54, 1.807) is 0 Å². The molecule has 8 heavy (non-hydrogen) atoms. The van der Waals surface area contributed by atoms with E-state index in [4.69, 9.17) is 0 Å². The highest BCUT2D eigenvalue weighted by Crippen LogP contribution is 2.26. The Morgan fingerprint density at radius 2 is 2.12 bits per heavy atom. The van der Waals surface area contributed by atoms with Crippen LogP contribution in [0.5, 0.6) is 0 Å². The molecule has 1 aliphatic rings. The smallest absolute Gasteiger partial charge is 0.0199 e. The van der Waals surface area contributed by atoms with E-state index in [9.17, 15) is 0 Å². The molecule has 0 N–H and O–H groups in total. The van der Waals surface area contributed by atoms with Crippen LogP contribution in [0.1, 0.15) is 19.3 Å². The largest absolute Gasteiger partial charge is 0.251 e. The minimum absolute atomic E-state index is 0.894. The first-order chi connectivity index (χ1) is 3.84. The first-order valence-electron chi connectivity index (χ1n) is 3.11. The van der Waals surface area contributed by atoms with Crippen LogP contribution in [0.25, 0.3) is 0 Å². The van der Waals surface area contributed by atoms with Crippen molar-refractivity contribution < 1.29 is 0 Å². The molecule has 1 aliphatic carbocycles. The Kier molecular flexibility index (Phi) is 2.20. The molecule has 1 rings (SSSR count). The predicted octanol–water partition coefficient (Wildman–Crippen LogP) is 1.75. The van der Waals surface area contributed by atoms with Crippen LogP contribution in [0, 0.1) is 0 Å².